The second-order valence-electron chi connectivity index (χ2n) is 5.11. The molecule has 1 atom stereocenters. The zero-order chi connectivity index (χ0) is 15.0. The fourth-order valence-electron chi connectivity index (χ4n) is 2.42. The summed E-state index contributed by atoms with van der Waals surface area (Å²) in [5, 5.41) is 9.44. The second kappa shape index (κ2) is 5.50. The topological polar surface area (TPSA) is 51.5 Å². The molecule has 2 aromatic heterocycles. The zero-order valence-corrected chi connectivity index (χ0v) is 13.0. The maximum absolute atomic E-state index is 6.31. The molecule has 1 N–H and O–H groups in total. The van der Waals surface area contributed by atoms with Gasteiger partial charge >= 0.3 is 0 Å². The van der Waals surface area contributed by atoms with Gasteiger partial charge in [-0.3, -0.25) is 0 Å². The molecule has 0 aliphatic rings. The van der Waals surface area contributed by atoms with Crippen molar-refractivity contribution in [3.63, 3.8) is 0 Å². The quantitative estimate of drug-likeness (QED) is 0.803. The number of nitrogens with one attached hydrogen (secondary N) is 1. The van der Waals surface area contributed by atoms with Crippen molar-refractivity contribution in [3.8, 4) is 0 Å². The summed E-state index contributed by atoms with van der Waals surface area (Å²) in [6, 6.07) is 8.15. The van der Waals surface area contributed by atoms with E-state index in [1.165, 1.54) is 0 Å². The van der Waals surface area contributed by atoms with E-state index in [4.69, 9.17) is 16.3 Å². The predicted octanol–water partition coefficient (Wildman–Crippen LogP) is 3.29. The molecule has 0 saturated carbocycles. The molecule has 0 fully saturated rings. The van der Waals surface area contributed by atoms with Gasteiger partial charge in [0.15, 0.2) is 5.65 Å². The van der Waals surface area contributed by atoms with Crippen LogP contribution in [0, 0.1) is 6.92 Å². The van der Waals surface area contributed by atoms with Gasteiger partial charge in [-0.1, -0.05) is 23.7 Å². The molecule has 3 rings (SSSR count). The van der Waals surface area contributed by atoms with Crippen LogP contribution < -0.4 is 5.32 Å². The molecule has 21 heavy (non-hydrogen) atoms. The Bertz CT molecular complexity index is 799. The Hall–Kier alpha value is -1.85. The van der Waals surface area contributed by atoms with Crippen molar-refractivity contribution in [2.75, 3.05) is 19.0 Å². The molecule has 0 radical (unpaired) electrons. The molecule has 6 heteroatoms. The van der Waals surface area contributed by atoms with Gasteiger partial charge < -0.3 is 10.1 Å². The zero-order valence-electron chi connectivity index (χ0n) is 12.2. The number of fused-ring (bicyclic) bond motifs is 3. The first-order valence-electron chi connectivity index (χ1n) is 6.81. The highest BCUT2D eigenvalue weighted by molar-refractivity contribution is 6.34. The number of para-hydroxylation sites is 1. The SMILES string of the molecule is COC[C@H](C)Nc1nc2c(Cl)c(C)nn2c2ccccc12. The van der Waals surface area contributed by atoms with Crippen LogP contribution in [0.4, 0.5) is 5.82 Å². The Labute approximate surface area is 127 Å². The number of aryl methyl sites for hydroxylation is 1. The van der Waals surface area contributed by atoms with E-state index < -0.39 is 0 Å². The Morgan fingerprint density at radius 3 is 2.90 bits per heavy atom. The van der Waals surface area contributed by atoms with Crippen molar-refractivity contribution in [1.29, 1.82) is 0 Å². The molecule has 2 heterocycles. The number of aromatic nitrogens is 3. The third kappa shape index (κ3) is 2.43. The van der Waals surface area contributed by atoms with Gasteiger partial charge in [0.05, 0.1) is 17.8 Å². The molecule has 0 saturated heterocycles. The van der Waals surface area contributed by atoms with Gasteiger partial charge in [0.2, 0.25) is 0 Å². The minimum absolute atomic E-state index is 0.149. The van der Waals surface area contributed by atoms with Crippen molar-refractivity contribution < 1.29 is 4.74 Å². The molecule has 110 valence electrons. The van der Waals surface area contributed by atoms with E-state index in [0.717, 1.165) is 22.4 Å². The molecule has 3 aromatic rings. The van der Waals surface area contributed by atoms with E-state index in [-0.39, 0.29) is 6.04 Å². The van der Waals surface area contributed by atoms with Crippen molar-refractivity contribution in [2.45, 2.75) is 19.9 Å². The van der Waals surface area contributed by atoms with Gasteiger partial charge in [-0.25, -0.2) is 9.50 Å². The van der Waals surface area contributed by atoms with E-state index in [9.17, 15) is 0 Å². The van der Waals surface area contributed by atoms with Crippen LogP contribution in [0.2, 0.25) is 5.02 Å². The number of hydrogen-bond donors (Lipinski definition) is 1. The molecule has 5 nitrogen and oxygen atoms in total. The average Bonchev–Trinajstić information content (AvgIpc) is 2.76. The number of nitrogens with zero attached hydrogens (tertiary/aromatic N) is 3. The van der Waals surface area contributed by atoms with E-state index in [1.807, 2.05) is 38.1 Å². The summed E-state index contributed by atoms with van der Waals surface area (Å²) in [6.07, 6.45) is 0. The third-order valence-corrected chi connectivity index (χ3v) is 3.81. The van der Waals surface area contributed by atoms with Crippen molar-refractivity contribution in [3.05, 3.63) is 35.0 Å². The summed E-state index contributed by atoms with van der Waals surface area (Å²) >= 11 is 6.31. The first-order chi connectivity index (χ1) is 10.1. The third-order valence-electron chi connectivity index (χ3n) is 3.37. The predicted molar refractivity (Wildman–Crippen MR) is 85.2 cm³/mol. The molecule has 0 bridgehead atoms. The standard InChI is InChI=1S/C15H17ClN4O/c1-9(8-21-3)17-14-11-6-4-5-7-12(11)20-15(18-14)13(16)10(2)19-20/h4-7,9H,8H2,1-3H3,(H,17,18)/t9-/m0/s1. The smallest absolute Gasteiger partial charge is 0.176 e. The number of ether oxygens (including phenoxy) is 1. The van der Waals surface area contributed by atoms with E-state index >= 15 is 0 Å². The fourth-order valence-corrected chi connectivity index (χ4v) is 2.58. The molecule has 0 unspecified atom stereocenters. The van der Waals surface area contributed by atoms with Gasteiger partial charge in [-0.15, -0.1) is 0 Å². The summed E-state index contributed by atoms with van der Waals surface area (Å²) in [5.41, 5.74) is 2.42. The highest BCUT2D eigenvalue weighted by Gasteiger charge is 2.15. The maximum atomic E-state index is 6.31. The number of anilines is 1. The molecule has 0 aliphatic heterocycles. The van der Waals surface area contributed by atoms with E-state index in [2.05, 4.69) is 15.4 Å². The Balaban J connectivity index is 2.23. The van der Waals surface area contributed by atoms with Crippen molar-refractivity contribution in [1.82, 2.24) is 14.6 Å². The van der Waals surface area contributed by atoms with Gasteiger partial charge in [-0.2, -0.15) is 5.10 Å². The molecule has 1 aromatic carbocycles. The van der Waals surface area contributed by atoms with Gasteiger partial charge in [0, 0.05) is 18.5 Å². The van der Waals surface area contributed by atoms with Crippen LogP contribution in [0.1, 0.15) is 12.6 Å². The average molecular weight is 305 g/mol. The summed E-state index contributed by atoms with van der Waals surface area (Å²) in [6.45, 7) is 4.53. The van der Waals surface area contributed by atoms with Crippen LogP contribution in [-0.2, 0) is 4.74 Å². The number of hydrogen-bond acceptors (Lipinski definition) is 4. The fraction of sp³-hybridized carbons (Fsp3) is 0.333. The minimum atomic E-state index is 0.149. The summed E-state index contributed by atoms with van der Waals surface area (Å²) < 4.78 is 6.96. The molecular formula is C15H17ClN4O. The first kappa shape index (κ1) is 14.1. The van der Waals surface area contributed by atoms with Crippen LogP contribution >= 0.6 is 11.6 Å². The summed E-state index contributed by atoms with van der Waals surface area (Å²) in [7, 11) is 1.68. The van der Waals surface area contributed by atoms with Gasteiger partial charge in [0.1, 0.15) is 10.8 Å². The highest BCUT2D eigenvalue weighted by atomic mass is 35.5. The van der Waals surface area contributed by atoms with Crippen LogP contribution in [0.5, 0.6) is 0 Å². The summed E-state index contributed by atoms with van der Waals surface area (Å²) in [4.78, 5) is 4.65. The minimum Gasteiger partial charge on any atom is -0.383 e. The molecular weight excluding hydrogens is 288 g/mol. The molecule has 0 spiro atoms. The second-order valence-corrected chi connectivity index (χ2v) is 5.49. The number of rotatable bonds is 4. The first-order valence-corrected chi connectivity index (χ1v) is 7.18. The lowest BCUT2D eigenvalue weighted by molar-refractivity contribution is 0.190. The van der Waals surface area contributed by atoms with E-state index in [1.54, 1.807) is 11.6 Å². The normalized spacial score (nSPS) is 13.0. The van der Waals surface area contributed by atoms with Crippen LogP contribution in [0.25, 0.3) is 16.6 Å². The van der Waals surface area contributed by atoms with Crippen LogP contribution in [0.15, 0.2) is 24.3 Å². The highest BCUT2D eigenvalue weighted by Crippen LogP contribution is 2.28. The number of benzene rings is 1. The number of methoxy groups -OCH3 is 1. The maximum Gasteiger partial charge on any atom is 0.176 e. The van der Waals surface area contributed by atoms with Crippen LogP contribution in [-0.4, -0.2) is 34.4 Å². The number of halogens is 1. The van der Waals surface area contributed by atoms with Crippen molar-refractivity contribution in [2.24, 2.45) is 0 Å². The lowest BCUT2D eigenvalue weighted by atomic mass is 10.2. The van der Waals surface area contributed by atoms with Crippen LogP contribution in [0.3, 0.4) is 0 Å². The molecule has 0 amide bonds. The van der Waals surface area contributed by atoms with E-state index in [0.29, 0.717) is 17.3 Å². The molecule has 0 aliphatic carbocycles. The van der Waals surface area contributed by atoms with Crippen molar-refractivity contribution >= 4 is 34.0 Å². The monoisotopic (exact) mass is 304 g/mol. The lowest BCUT2D eigenvalue weighted by Crippen LogP contribution is -2.21. The Morgan fingerprint density at radius 1 is 1.38 bits per heavy atom. The Morgan fingerprint density at radius 2 is 2.14 bits per heavy atom. The largest absolute Gasteiger partial charge is 0.383 e. The summed E-state index contributed by atoms with van der Waals surface area (Å²) in [5.74, 6) is 0.796. The Kier molecular flexibility index (Phi) is 3.69. The van der Waals surface area contributed by atoms with Gasteiger partial charge in [0.25, 0.3) is 0 Å². The lowest BCUT2D eigenvalue weighted by Gasteiger charge is -2.15. The van der Waals surface area contributed by atoms with Gasteiger partial charge in [-0.05, 0) is 26.0 Å².